The number of aryl methyl sites for hydroxylation is 1. The largest absolute Gasteiger partial charge is 0.496 e. The van der Waals surface area contributed by atoms with Gasteiger partial charge in [0.25, 0.3) is 5.91 Å². The van der Waals surface area contributed by atoms with Crippen molar-refractivity contribution >= 4 is 28.3 Å². The first-order chi connectivity index (χ1) is 14.0. The van der Waals surface area contributed by atoms with Gasteiger partial charge in [-0.2, -0.15) is 10.5 Å². The fourth-order valence-corrected chi connectivity index (χ4v) is 4.78. The molecule has 0 aliphatic heterocycles. The fraction of sp³-hybridized carbons (Fsp3) is 0.318. The molecule has 148 valence electrons. The summed E-state index contributed by atoms with van der Waals surface area (Å²) in [5.41, 5.74) is 2.87. The van der Waals surface area contributed by atoms with Gasteiger partial charge in [0.2, 0.25) is 0 Å². The molecule has 0 atom stereocenters. The van der Waals surface area contributed by atoms with Crippen molar-refractivity contribution in [1.82, 2.24) is 0 Å². The predicted octanol–water partition coefficient (Wildman–Crippen LogP) is 4.37. The number of hydrogen-bond acceptors (Lipinski definition) is 6. The summed E-state index contributed by atoms with van der Waals surface area (Å²) >= 11 is 1.43. The zero-order chi connectivity index (χ0) is 21.0. The van der Waals surface area contributed by atoms with Gasteiger partial charge in [0.15, 0.2) is 0 Å². The summed E-state index contributed by atoms with van der Waals surface area (Å²) in [5, 5.41) is 22.4. The van der Waals surface area contributed by atoms with Crippen molar-refractivity contribution in [2.45, 2.75) is 32.6 Å². The summed E-state index contributed by atoms with van der Waals surface area (Å²) < 4.78 is 10.7. The molecule has 0 unspecified atom stereocenters. The number of nitrogens with zero attached hydrogens (tertiary/aromatic N) is 2. The third kappa shape index (κ3) is 3.96. The highest BCUT2D eigenvalue weighted by Gasteiger charge is 2.23. The van der Waals surface area contributed by atoms with Crippen molar-refractivity contribution < 1.29 is 14.3 Å². The molecule has 0 spiro atoms. The van der Waals surface area contributed by atoms with E-state index in [2.05, 4.69) is 11.4 Å². The van der Waals surface area contributed by atoms with Crippen LogP contribution in [-0.4, -0.2) is 20.1 Å². The molecule has 0 radical (unpaired) electrons. The van der Waals surface area contributed by atoms with Crippen LogP contribution in [0.2, 0.25) is 0 Å². The Balaban J connectivity index is 1.93. The molecule has 1 aromatic heterocycles. The van der Waals surface area contributed by atoms with Gasteiger partial charge >= 0.3 is 0 Å². The smallest absolute Gasteiger partial charge is 0.266 e. The normalized spacial score (nSPS) is 13.1. The van der Waals surface area contributed by atoms with E-state index in [9.17, 15) is 15.3 Å². The van der Waals surface area contributed by atoms with Crippen LogP contribution in [-0.2, 0) is 17.6 Å². The SMILES string of the molecule is COc1ccc(/C=C(\C#N)C(=O)Nc2sc3c(c2C#N)CCCC3)c(OC)c1C. The maximum absolute atomic E-state index is 12.8. The number of anilines is 1. The number of methoxy groups -OCH3 is 2. The second kappa shape index (κ2) is 8.81. The number of fused-ring (bicyclic) bond motifs is 1. The van der Waals surface area contributed by atoms with Crippen molar-refractivity contribution in [2.24, 2.45) is 0 Å². The molecule has 1 aliphatic carbocycles. The van der Waals surface area contributed by atoms with Crippen LogP contribution in [0.15, 0.2) is 17.7 Å². The second-order valence-electron chi connectivity index (χ2n) is 6.67. The fourth-order valence-electron chi connectivity index (χ4n) is 3.55. The Kier molecular flexibility index (Phi) is 6.21. The summed E-state index contributed by atoms with van der Waals surface area (Å²) in [7, 11) is 3.10. The van der Waals surface area contributed by atoms with E-state index in [0.29, 0.717) is 27.6 Å². The van der Waals surface area contributed by atoms with Gasteiger partial charge in [0.1, 0.15) is 34.2 Å². The monoisotopic (exact) mass is 407 g/mol. The number of nitrogens with one attached hydrogen (secondary N) is 1. The molecular weight excluding hydrogens is 386 g/mol. The highest BCUT2D eigenvalue weighted by molar-refractivity contribution is 7.16. The van der Waals surface area contributed by atoms with Crippen molar-refractivity contribution in [3.63, 3.8) is 0 Å². The molecule has 1 aromatic carbocycles. The number of hydrogen-bond donors (Lipinski definition) is 1. The topological polar surface area (TPSA) is 95.1 Å². The molecule has 6 nitrogen and oxygen atoms in total. The quantitative estimate of drug-likeness (QED) is 0.586. The summed E-state index contributed by atoms with van der Waals surface area (Å²) in [5.74, 6) is 0.650. The predicted molar refractivity (Wildman–Crippen MR) is 112 cm³/mol. The number of amides is 1. The summed E-state index contributed by atoms with van der Waals surface area (Å²) in [6.45, 7) is 1.84. The van der Waals surface area contributed by atoms with Crippen LogP contribution in [0, 0.1) is 29.6 Å². The molecule has 0 bridgehead atoms. The van der Waals surface area contributed by atoms with Crippen LogP contribution in [0.4, 0.5) is 5.00 Å². The van der Waals surface area contributed by atoms with Crippen LogP contribution >= 0.6 is 11.3 Å². The molecule has 29 heavy (non-hydrogen) atoms. The third-order valence-corrected chi connectivity index (χ3v) is 6.19. The van der Waals surface area contributed by atoms with Crippen molar-refractivity contribution in [3.05, 3.63) is 44.8 Å². The summed E-state index contributed by atoms with van der Waals surface area (Å²) in [6.07, 6.45) is 5.40. The van der Waals surface area contributed by atoms with Crippen molar-refractivity contribution in [1.29, 1.82) is 10.5 Å². The second-order valence-corrected chi connectivity index (χ2v) is 7.77. The van der Waals surface area contributed by atoms with Crippen molar-refractivity contribution in [3.8, 4) is 23.6 Å². The van der Waals surface area contributed by atoms with Gasteiger partial charge in [0.05, 0.1) is 19.8 Å². The number of thiophene rings is 1. The van der Waals surface area contributed by atoms with Gasteiger partial charge in [-0.05, 0) is 56.4 Å². The Morgan fingerprint density at radius 3 is 2.62 bits per heavy atom. The van der Waals surface area contributed by atoms with E-state index in [1.807, 2.05) is 13.0 Å². The lowest BCUT2D eigenvalue weighted by Crippen LogP contribution is -2.13. The average molecular weight is 407 g/mol. The number of carbonyl (C=O) groups is 1. The van der Waals surface area contributed by atoms with E-state index in [0.717, 1.165) is 41.7 Å². The Morgan fingerprint density at radius 2 is 1.97 bits per heavy atom. The molecule has 0 saturated heterocycles. The third-order valence-electron chi connectivity index (χ3n) is 4.99. The van der Waals surface area contributed by atoms with Gasteiger partial charge in [-0.15, -0.1) is 11.3 Å². The lowest BCUT2D eigenvalue weighted by Gasteiger charge is -2.12. The van der Waals surface area contributed by atoms with E-state index < -0.39 is 5.91 Å². The number of benzene rings is 1. The Hall–Kier alpha value is -3.29. The Morgan fingerprint density at radius 1 is 1.21 bits per heavy atom. The first-order valence-electron chi connectivity index (χ1n) is 9.23. The standard InChI is InChI=1S/C22H21N3O3S/c1-13-18(27-2)9-8-14(20(13)28-3)10-15(11-23)21(26)25-22-17(12-24)16-6-4-5-7-19(16)29-22/h8-10H,4-7H2,1-3H3,(H,25,26)/b15-10+. The summed E-state index contributed by atoms with van der Waals surface area (Å²) in [6, 6.07) is 7.66. The van der Waals surface area contributed by atoms with E-state index in [1.165, 1.54) is 24.5 Å². The lowest BCUT2D eigenvalue weighted by atomic mass is 9.96. The summed E-state index contributed by atoms with van der Waals surface area (Å²) in [4.78, 5) is 13.9. The maximum Gasteiger partial charge on any atom is 0.266 e. The Labute approximate surface area is 174 Å². The lowest BCUT2D eigenvalue weighted by molar-refractivity contribution is -0.112. The Bertz CT molecular complexity index is 1070. The van der Waals surface area contributed by atoms with Crippen molar-refractivity contribution in [2.75, 3.05) is 19.5 Å². The van der Waals surface area contributed by atoms with Gasteiger partial charge in [0, 0.05) is 16.0 Å². The molecule has 1 amide bonds. The van der Waals surface area contributed by atoms with Gasteiger partial charge in [-0.25, -0.2) is 0 Å². The molecule has 1 N–H and O–H groups in total. The number of carbonyl (C=O) groups excluding carboxylic acids is 1. The zero-order valence-electron chi connectivity index (χ0n) is 16.6. The molecular formula is C22H21N3O3S. The number of rotatable bonds is 5. The van der Waals surface area contributed by atoms with E-state index in [1.54, 1.807) is 19.2 Å². The highest BCUT2D eigenvalue weighted by atomic mass is 32.1. The molecule has 0 saturated carbocycles. The highest BCUT2D eigenvalue weighted by Crippen LogP contribution is 2.38. The molecule has 3 rings (SSSR count). The van der Waals surface area contributed by atoms with E-state index in [-0.39, 0.29) is 5.57 Å². The average Bonchev–Trinajstić information content (AvgIpc) is 3.08. The molecule has 1 heterocycles. The van der Waals surface area contributed by atoms with Crippen LogP contribution in [0.5, 0.6) is 11.5 Å². The van der Waals surface area contributed by atoms with E-state index in [4.69, 9.17) is 9.47 Å². The molecule has 0 fully saturated rings. The van der Waals surface area contributed by atoms with Crippen LogP contribution in [0.3, 0.4) is 0 Å². The van der Waals surface area contributed by atoms with E-state index >= 15 is 0 Å². The van der Waals surface area contributed by atoms with Crippen LogP contribution in [0.25, 0.3) is 6.08 Å². The molecule has 2 aromatic rings. The zero-order valence-corrected chi connectivity index (χ0v) is 17.4. The first-order valence-corrected chi connectivity index (χ1v) is 10.0. The number of ether oxygens (including phenoxy) is 2. The molecule has 7 heteroatoms. The van der Waals surface area contributed by atoms with Gasteiger partial charge in [-0.1, -0.05) is 0 Å². The van der Waals surface area contributed by atoms with Crippen LogP contribution in [0.1, 0.15) is 40.0 Å². The maximum atomic E-state index is 12.8. The van der Waals surface area contributed by atoms with Gasteiger partial charge < -0.3 is 14.8 Å². The number of nitriles is 2. The minimum absolute atomic E-state index is 0.0665. The minimum atomic E-state index is -0.543. The minimum Gasteiger partial charge on any atom is -0.496 e. The first kappa shape index (κ1) is 20.4. The molecule has 1 aliphatic rings. The van der Waals surface area contributed by atoms with Gasteiger partial charge in [-0.3, -0.25) is 4.79 Å². The van der Waals surface area contributed by atoms with Crippen LogP contribution < -0.4 is 14.8 Å².